The van der Waals surface area contributed by atoms with Gasteiger partial charge in [0.05, 0.1) is 11.0 Å². The number of rotatable bonds is 6. The summed E-state index contributed by atoms with van der Waals surface area (Å²) in [6.45, 7) is 1.19. The van der Waals surface area contributed by atoms with Crippen molar-refractivity contribution < 1.29 is 18.8 Å². The maximum Gasteiger partial charge on any atom is 0.325 e. The Hall–Kier alpha value is -4.53. The molecule has 0 aliphatic carbocycles. The van der Waals surface area contributed by atoms with Crippen LogP contribution in [-0.2, 0) is 21.5 Å². The SMILES string of the molecule is CC1(c2ccccc2)NC(=O)N(CC(=O)Nc2ccc3nc(Cc4ccccc4F)[nH]c3c2)C1=O. The molecule has 176 valence electrons. The van der Waals surface area contributed by atoms with Crippen molar-refractivity contribution in [2.45, 2.75) is 18.9 Å². The predicted octanol–water partition coefficient (Wildman–Crippen LogP) is 3.70. The van der Waals surface area contributed by atoms with Crippen molar-refractivity contribution in [2.75, 3.05) is 11.9 Å². The molecule has 3 N–H and O–H groups in total. The molecule has 35 heavy (non-hydrogen) atoms. The zero-order chi connectivity index (χ0) is 24.6. The van der Waals surface area contributed by atoms with Gasteiger partial charge in [-0.1, -0.05) is 48.5 Å². The molecule has 1 saturated heterocycles. The molecule has 5 rings (SSSR count). The van der Waals surface area contributed by atoms with E-state index < -0.39 is 29.9 Å². The van der Waals surface area contributed by atoms with Crippen molar-refractivity contribution in [3.05, 3.63) is 95.6 Å². The lowest BCUT2D eigenvalue weighted by Crippen LogP contribution is -2.42. The van der Waals surface area contributed by atoms with Gasteiger partial charge in [0.25, 0.3) is 5.91 Å². The molecule has 0 radical (unpaired) electrons. The topological polar surface area (TPSA) is 107 Å². The van der Waals surface area contributed by atoms with E-state index in [-0.39, 0.29) is 5.82 Å². The molecule has 1 aliphatic rings. The number of anilines is 1. The third kappa shape index (κ3) is 4.23. The molecule has 0 spiro atoms. The minimum Gasteiger partial charge on any atom is -0.342 e. The van der Waals surface area contributed by atoms with E-state index in [1.165, 1.54) is 6.07 Å². The Morgan fingerprint density at radius 1 is 1.06 bits per heavy atom. The molecule has 2 heterocycles. The van der Waals surface area contributed by atoms with Crippen LogP contribution in [0.3, 0.4) is 0 Å². The lowest BCUT2D eigenvalue weighted by Gasteiger charge is -2.22. The smallest absolute Gasteiger partial charge is 0.325 e. The van der Waals surface area contributed by atoms with E-state index in [1.54, 1.807) is 67.6 Å². The minimum atomic E-state index is -1.23. The third-order valence-corrected chi connectivity index (χ3v) is 6.06. The molecular formula is C26H22FN5O3. The van der Waals surface area contributed by atoms with Gasteiger partial charge in [-0.2, -0.15) is 0 Å². The Morgan fingerprint density at radius 3 is 2.57 bits per heavy atom. The van der Waals surface area contributed by atoms with E-state index in [4.69, 9.17) is 0 Å². The summed E-state index contributed by atoms with van der Waals surface area (Å²) < 4.78 is 14.0. The Bertz CT molecular complexity index is 1450. The number of fused-ring (bicyclic) bond motifs is 1. The van der Waals surface area contributed by atoms with Crippen molar-refractivity contribution in [2.24, 2.45) is 0 Å². The van der Waals surface area contributed by atoms with Gasteiger partial charge in [0.1, 0.15) is 23.7 Å². The van der Waals surface area contributed by atoms with E-state index in [2.05, 4.69) is 20.6 Å². The van der Waals surface area contributed by atoms with Crippen LogP contribution in [0.1, 0.15) is 23.9 Å². The summed E-state index contributed by atoms with van der Waals surface area (Å²) in [7, 11) is 0. The summed E-state index contributed by atoms with van der Waals surface area (Å²) in [5, 5.41) is 5.40. The van der Waals surface area contributed by atoms with Crippen LogP contribution in [0.5, 0.6) is 0 Å². The molecule has 1 aliphatic heterocycles. The van der Waals surface area contributed by atoms with Gasteiger partial charge in [-0.05, 0) is 42.3 Å². The number of imide groups is 1. The molecule has 1 unspecified atom stereocenters. The van der Waals surface area contributed by atoms with Crippen LogP contribution in [0.2, 0.25) is 0 Å². The Labute approximate surface area is 200 Å². The molecule has 3 aromatic carbocycles. The molecule has 1 atom stereocenters. The molecule has 8 nitrogen and oxygen atoms in total. The molecular weight excluding hydrogens is 449 g/mol. The molecule has 1 fully saturated rings. The number of nitrogens with zero attached hydrogens (tertiary/aromatic N) is 2. The highest BCUT2D eigenvalue weighted by molar-refractivity contribution is 6.10. The van der Waals surface area contributed by atoms with Crippen molar-refractivity contribution in [3.63, 3.8) is 0 Å². The van der Waals surface area contributed by atoms with E-state index in [1.807, 2.05) is 6.07 Å². The number of amides is 4. The lowest BCUT2D eigenvalue weighted by molar-refractivity contribution is -0.133. The molecule has 0 saturated carbocycles. The summed E-state index contributed by atoms with van der Waals surface area (Å²) in [6, 6.07) is 19.9. The summed E-state index contributed by atoms with van der Waals surface area (Å²) in [4.78, 5) is 46.7. The van der Waals surface area contributed by atoms with Gasteiger partial charge < -0.3 is 15.6 Å². The second-order valence-corrected chi connectivity index (χ2v) is 8.54. The number of carbonyl (C=O) groups is 3. The molecule has 4 amide bonds. The van der Waals surface area contributed by atoms with Crippen LogP contribution in [0, 0.1) is 5.82 Å². The maximum absolute atomic E-state index is 14.0. The Kier molecular flexibility index (Phi) is 5.52. The van der Waals surface area contributed by atoms with Crippen molar-refractivity contribution >= 4 is 34.6 Å². The minimum absolute atomic E-state index is 0.301. The van der Waals surface area contributed by atoms with E-state index in [0.717, 1.165) is 4.90 Å². The van der Waals surface area contributed by atoms with Gasteiger partial charge >= 0.3 is 6.03 Å². The number of hydrogen-bond acceptors (Lipinski definition) is 4. The number of hydrogen-bond donors (Lipinski definition) is 3. The second kappa shape index (κ2) is 8.68. The van der Waals surface area contributed by atoms with Crippen molar-refractivity contribution in [1.29, 1.82) is 0 Å². The van der Waals surface area contributed by atoms with Crippen LogP contribution < -0.4 is 10.6 Å². The Morgan fingerprint density at radius 2 is 1.80 bits per heavy atom. The van der Waals surface area contributed by atoms with E-state index >= 15 is 0 Å². The second-order valence-electron chi connectivity index (χ2n) is 8.54. The number of H-pyrrole nitrogens is 1. The van der Waals surface area contributed by atoms with Gasteiger partial charge in [-0.3, -0.25) is 14.5 Å². The number of imidazole rings is 1. The van der Waals surface area contributed by atoms with Gasteiger partial charge in [0.2, 0.25) is 5.91 Å². The van der Waals surface area contributed by atoms with Crippen LogP contribution in [0.4, 0.5) is 14.9 Å². The largest absolute Gasteiger partial charge is 0.342 e. The zero-order valence-corrected chi connectivity index (χ0v) is 18.8. The van der Waals surface area contributed by atoms with Gasteiger partial charge in [0, 0.05) is 12.1 Å². The van der Waals surface area contributed by atoms with Gasteiger partial charge in [0.15, 0.2) is 0 Å². The number of aromatic nitrogens is 2. The number of benzene rings is 3. The zero-order valence-electron chi connectivity index (χ0n) is 18.8. The van der Waals surface area contributed by atoms with Crippen LogP contribution in [0.15, 0.2) is 72.8 Å². The third-order valence-electron chi connectivity index (χ3n) is 6.06. The van der Waals surface area contributed by atoms with E-state index in [0.29, 0.717) is 40.1 Å². The number of urea groups is 1. The van der Waals surface area contributed by atoms with Crippen LogP contribution in [-0.4, -0.2) is 39.3 Å². The molecule has 4 aromatic rings. The molecule has 0 bridgehead atoms. The quantitative estimate of drug-likeness (QED) is 0.373. The predicted molar refractivity (Wildman–Crippen MR) is 128 cm³/mol. The van der Waals surface area contributed by atoms with Crippen LogP contribution >= 0.6 is 0 Å². The first kappa shape index (κ1) is 22.3. The van der Waals surface area contributed by atoms with Crippen LogP contribution in [0.25, 0.3) is 11.0 Å². The fourth-order valence-corrected chi connectivity index (χ4v) is 4.20. The number of nitrogens with one attached hydrogen (secondary N) is 3. The van der Waals surface area contributed by atoms with Gasteiger partial charge in [-0.25, -0.2) is 14.2 Å². The molecule has 1 aromatic heterocycles. The molecule has 9 heteroatoms. The highest BCUT2D eigenvalue weighted by atomic mass is 19.1. The summed E-state index contributed by atoms with van der Waals surface area (Å²) in [6.07, 6.45) is 0.301. The standard InChI is InChI=1S/C26H22FN5O3/c1-26(17-8-3-2-4-9-17)24(34)32(25(35)31-26)15-23(33)28-18-11-12-20-21(14-18)30-22(29-20)13-16-7-5-6-10-19(16)27/h2-12,14H,13,15H2,1H3,(H,28,33)(H,29,30)(H,31,35). The summed E-state index contributed by atoms with van der Waals surface area (Å²) >= 11 is 0. The lowest BCUT2D eigenvalue weighted by atomic mass is 9.92. The maximum atomic E-state index is 14.0. The monoisotopic (exact) mass is 471 g/mol. The first-order valence-electron chi connectivity index (χ1n) is 11.0. The van der Waals surface area contributed by atoms with Crippen molar-refractivity contribution in [3.8, 4) is 0 Å². The Balaban J connectivity index is 1.28. The highest BCUT2D eigenvalue weighted by Crippen LogP contribution is 2.28. The average molecular weight is 471 g/mol. The fraction of sp³-hybridized carbons (Fsp3) is 0.154. The first-order valence-corrected chi connectivity index (χ1v) is 11.0. The number of carbonyl (C=O) groups excluding carboxylic acids is 3. The van der Waals surface area contributed by atoms with E-state index in [9.17, 15) is 18.8 Å². The number of halogens is 1. The summed E-state index contributed by atoms with van der Waals surface area (Å²) in [5.74, 6) is -0.722. The normalized spacial score (nSPS) is 17.6. The van der Waals surface area contributed by atoms with Crippen molar-refractivity contribution in [1.82, 2.24) is 20.2 Å². The highest BCUT2D eigenvalue weighted by Gasteiger charge is 2.49. The number of aromatic amines is 1. The van der Waals surface area contributed by atoms with Gasteiger partial charge in [-0.15, -0.1) is 0 Å². The summed E-state index contributed by atoms with van der Waals surface area (Å²) in [5.41, 5.74) is 1.74. The first-order chi connectivity index (χ1) is 16.8. The average Bonchev–Trinajstić information content (AvgIpc) is 3.34. The fourth-order valence-electron chi connectivity index (χ4n) is 4.20.